The Morgan fingerprint density at radius 1 is 1.22 bits per heavy atom. The van der Waals surface area contributed by atoms with Gasteiger partial charge in [-0.1, -0.05) is 13.0 Å². The van der Waals surface area contributed by atoms with Gasteiger partial charge < -0.3 is 18.6 Å². The predicted octanol–water partition coefficient (Wildman–Crippen LogP) is 3.22. The first-order valence-corrected chi connectivity index (χ1v) is 9.31. The van der Waals surface area contributed by atoms with Crippen molar-refractivity contribution < 1.29 is 18.6 Å². The van der Waals surface area contributed by atoms with Crippen LogP contribution in [0.5, 0.6) is 17.2 Å². The third-order valence-electron chi connectivity index (χ3n) is 5.38. The smallest absolute Gasteiger partial charge is 0.231 e. The van der Waals surface area contributed by atoms with Gasteiger partial charge >= 0.3 is 0 Å². The first-order valence-electron chi connectivity index (χ1n) is 9.31. The monoisotopic (exact) mass is 371 g/mol. The van der Waals surface area contributed by atoms with Crippen LogP contribution in [-0.4, -0.2) is 31.9 Å². The molecule has 6 nitrogen and oxygen atoms in total. The van der Waals surface area contributed by atoms with Crippen molar-refractivity contribution in [3.8, 4) is 17.2 Å². The van der Waals surface area contributed by atoms with Gasteiger partial charge in [-0.2, -0.15) is 0 Å². The van der Waals surface area contributed by atoms with E-state index in [1.165, 1.54) is 31.4 Å². The zero-order valence-electron chi connectivity index (χ0n) is 15.8. The van der Waals surface area contributed by atoms with E-state index < -0.39 is 0 Å². The van der Waals surface area contributed by atoms with Crippen molar-refractivity contribution in [2.75, 3.05) is 27.0 Å². The molecule has 144 valence electrons. The fourth-order valence-corrected chi connectivity index (χ4v) is 4.14. The molecule has 0 amide bonds. The quantitative estimate of drug-likeness (QED) is 0.804. The van der Waals surface area contributed by atoms with E-state index in [2.05, 4.69) is 24.0 Å². The summed E-state index contributed by atoms with van der Waals surface area (Å²) in [6, 6.07) is 7.74. The van der Waals surface area contributed by atoms with Gasteiger partial charge in [0.25, 0.3) is 0 Å². The second kappa shape index (κ2) is 7.27. The number of benzene rings is 1. The van der Waals surface area contributed by atoms with Crippen LogP contribution in [-0.2, 0) is 13.0 Å². The molecule has 1 aromatic carbocycles. The van der Waals surface area contributed by atoms with Crippen molar-refractivity contribution in [1.29, 1.82) is 0 Å². The highest BCUT2D eigenvalue weighted by Gasteiger charge is 2.32. The van der Waals surface area contributed by atoms with E-state index in [-0.39, 0.29) is 16.6 Å². The van der Waals surface area contributed by atoms with Crippen molar-refractivity contribution in [2.24, 2.45) is 5.41 Å². The van der Waals surface area contributed by atoms with Crippen molar-refractivity contribution in [2.45, 2.75) is 32.7 Å². The summed E-state index contributed by atoms with van der Waals surface area (Å²) in [6.45, 7) is 5.23. The minimum atomic E-state index is -0.140. The van der Waals surface area contributed by atoms with Crippen molar-refractivity contribution in [3.05, 3.63) is 52.1 Å². The molecule has 6 heteroatoms. The lowest BCUT2D eigenvalue weighted by molar-refractivity contribution is 0.0905. The first kappa shape index (κ1) is 17.9. The lowest BCUT2D eigenvalue weighted by Crippen LogP contribution is -2.42. The maximum atomic E-state index is 11.9. The van der Waals surface area contributed by atoms with Crippen LogP contribution in [0, 0.1) is 5.41 Å². The number of piperidine rings is 1. The molecular formula is C21H25NO5. The van der Waals surface area contributed by atoms with Gasteiger partial charge in [-0.3, -0.25) is 9.69 Å². The summed E-state index contributed by atoms with van der Waals surface area (Å²) in [5.41, 5.74) is 1.29. The number of ether oxygens (including phenoxy) is 3. The second-order valence-electron chi connectivity index (χ2n) is 7.77. The standard InChI is InChI=1S/C21H25NO5/c1-21(10-15-4-5-18-19(8-15)27-14-26-18)6-3-7-22(13-21)11-16-9-17(23)20(24-2)12-25-16/h4-5,8-9,12H,3,6-7,10-11,13-14H2,1-2H3/t21-/m0/s1. The van der Waals surface area contributed by atoms with Gasteiger partial charge in [-0.25, -0.2) is 0 Å². The molecule has 1 fully saturated rings. The average Bonchev–Trinajstić information content (AvgIpc) is 3.09. The van der Waals surface area contributed by atoms with E-state index >= 15 is 0 Å². The fraction of sp³-hybridized carbons (Fsp3) is 0.476. The average molecular weight is 371 g/mol. The minimum Gasteiger partial charge on any atom is -0.490 e. The fourth-order valence-electron chi connectivity index (χ4n) is 4.14. The molecule has 27 heavy (non-hydrogen) atoms. The molecule has 0 spiro atoms. The van der Waals surface area contributed by atoms with Gasteiger partial charge in [0.2, 0.25) is 18.0 Å². The van der Waals surface area contributed by atoms with Gasteiger partial charge in [-0.05, 0) is 48.9 Å². The van der Waals surface area contributed by atoms with E-state index in [1.54, 1.807) is 0 Å². The van der Waals surface area contributed by atoms with Crippen LogP contribution in [0.25, 0.3) is 0 Å². The largest absolute Gasteiger partial charge is 0.490 e. The molecule has 2 aliphatic heterocycles. The highest BCUT2D eigenvalue weighted by atomic mass is 16.7. The number of likely N-dealkylation sites (tertiary alicyclic amines) is 1. The normalized spacial score (nSPS) is 22.0. The summed E-state index contributed by atoms with van der Waals surface area (Å²) in [4.78, 5) is 14.3. The Kier molecular flexibility index (Phi) is 4.83. The number of nitrogens with zero attached hydrogens (tertiary/aromatic N) is 1. The van der Waals surface area contributed by atoms with Crippen LogP contribution < -0.4 is 19.6 Å². The van der Waals surface area contributed by atoms with Gasteiger partial charge in [0.1, 0.15) is 12.0 Å². The Bertz CT molecular complexity index is 877. The maximum absolute atomic E-state index is 11.9. The SMILES string of the molecule is COc1coc(CN2CCC[C@@](C)(Cc3ccc4c(c3)OCO4)C2)cc1=O. The van der Waals surface area contributed by atoms with Gasteiger partial charge in [0.05, 0.1) is 13.7 Å². The van der Waals surface area contributed by atoms with Crippen LogP contribution in [0.2, 0.25) is 0 Å². The number of methoxy groups -OCH3 is 1. The van der Waals surface area contributed by atoms with Crippen LogP contribution in [0.3, 0.4) is 0 Å². The van der Waals surface area contributed by atoms with E-state index in [9.17, 15) is 4.79 Å². The third kappa shape index (κ3) is 3.95. The molecule has 2 aliphatic rings. The second-order valence-corrected chi connectivity index (χ2v) is 7.77. The zero-order valence-corrected chi connectivity index (χ0v) is 15.8. The lowest BCUT2D eigenvalue weighted by Gasteiger charge is -2.40. The molecule has 1 aromatic heterocycles. The lowest BCUT2D eigenvalue weighted by atomic mass is 9.77. The summed E-state index contributed by atoms with van der Waals surface area (Å²) in [5, 5.41) is 0. The maximum Gasteiger partial charge on any atom is 0.231 e. The van der Waals surface area contributed by atoms with Crippen molar-refractivity contribution in [3.63, 3.8) is 0 Å². The molecule has 1 saturated heterocycles. The topological polar surface area (TPSA) is 61.1 Å². The van der Waals surface area contributed by atoms with Gasteiger partial charge in [-0.15, -0.1) is 0 Å². The molecule has 0 radical (unpaired) electrons. The first-order chi connectivity index (χ1) is 13.0. The molecule has 0 N–H and O–H groups in total. The summed E-state index contributed by atoms with van der Waals surface area (Å²) in [5.74, 6) is 2.57. The molecule has 0 saturated carbocycles. The predicted molar refractivity (Wildman–Crippen MR) is 100 cm³/mol. The van der Waals surface area contributed by atoms with Crippen molar-refractivity contribution >= 4 is 0 Å². The van der Waals surface area contributed by atoms with Gasteiger partial charge in [0.15, 0.2) is 11.5 Å². The van der Waals surface area contributed by atoms with Crippen LogP contribution in [0.15, 0.2) is 39.7 Å². The van der Waals surface area contributed by atoms with Crippen LogP contribution >= 0.6 is 0 Å². The third-order valence-corrected chi connectivity index (χ3v) is 5.38. The number of hydrogen-bond donors (Lipinski definition) is 0. The zero-order chi connectivity index (χ0) is 18.9. The molecule has 4 rings (SSSR count). The Balaban J connectivity index is 1.43. The Labute approximate surface area is 158 Å². The molecular weight excluding hydrogens is 346 g/mol. The highest BCUT2D eigenvalue weighted by molar-refractivity contribution is 5.44. The van der Waals surface area contributed by atoms with Crippen LogP contribution in [0.4, 0.5) is 0 Å². The minimum absolute atomic E-state index is 0.140. The Hall–Kier alpha value is -2.47. The number of rotatable bonds is 5. The molecule has 2 aromatic rings. The van der Waals surface area contributed by atoms with Crippen LogP contribution in [0.1, 0.15) is 31.1 Å². The summed E-state index contributed by atoms with van der Waals surface area (Å²) >= 11 is 0. The Morgan fingerprint density at radius 2 is 2.07 bits per heavy atom. The van der Waals surface area contributed by atoms with E-state index in [0.717, 1.165) is 37.4 Å². The summed E-state index contributed by atoms with van der Waals surface area (Å²) in [6.07, 6.45) is 4.67. The number of hydrogen-bond acceptors (Lipinski definition) is 6. The summed E-state index contributed by atoms with van der Waals surface area (Å²) < 4.78 is 21.5. The molecule has 0 unspecified atom stereocenters. The van der Waals surface area contributed by atoms with Crippen molar-refractivity contribution in [1.82, 2.24) is 4.90 Å². The van der Waals surface area contributed by atoms with E-state index in [0.29, 0.717) is 19.1 Å². The van der Waals surface area contributed by atoms with E-state index in [1.807, 2.05) is 6.07 Å². The summed E-state index contributed by atoms with van der Waals surface area (Å²) in [7, 11) is 1.47. The molecule has 1 atom stereocenters. The Morgan fingerprint density at radius 3 is 2.89 bits per heavy atom. The molecule has 0 aliphatic carbocycles. The van der Waals surface area contributed by atoms with Gasteiger partial charge in [0, 0.05) is 12.6 Å². The highest BCUT2D eigenvalue weighted by Crippen LogP contribution is 2.37. The molecule has 0 bridgehead atoms. The number of fused-ring (bicyclic) bond motifs is 1. The van der Waals surface area contributed by atoms with E-state index in [4.69, 9.17) is 18.6 Å². The molecule has 3 heterocycles.